The Morgan fingerprint density at radius 1 is 0.955 bits per heavy atom. The normalized spacial score (nSPS) is 19.7. The van der Waals surface area contributed by atoms with Gasteiger partial charge in [-0.1, -0.05) is 66.9 Å². The molecule has 238 valence electrons. The number of aliphatic hydroxyl groups excluding tert-OH is 1. The van der Waals surface area contributed by atoms with Gasteiger partial charge in [-0.25, -0.2) is 0 Å². The third-order valence-corrected chi connectivity index (χ3v) is 11.1. The van der Waals surface area contributed by atoms with E-state index in [-0.39, 0.29) is 11.9 Å². The van der Waals surface area contributed by atoms with E-state index in [9.17, 15) is 19.0 Å². The molecule has 0 radical (unpaired) electrons. The van der Waals surface area contributed by atoms with Crippen molar-refractivity contribution in [3.05, 3.63) is 100 Å². The van der Waals surface area contributed by atoms with Crippen LogP contribution in [0.4, 0.5) is 5.69 Å². The largest absolute Gasteiger partial charge is 0.390 e. The van der Waals surface area contributed by atoms with Gasteiger partial charge in [-0.05, 0) is 98.4 Å². The number of carbonyl (C=O) groups excluding carboxylic acids is 1. The van der Waals surface area contributed by atoms with Gasteiger partial charge in [0.2, 0.25) is 0 Å². The molecule has 5 rings (SSSR count). The molecule has 44 heavy (non-hydrogen) atoms. The van der Waals surface area contributed by atoms with Gasteiger partial charge < -0.3 is 15.7 Å². The number of nitrogens with one attached hydrogen (secondary N) is 2. The minimum absolute atomic E-state index is 0.0890. The van der Waals surface area contributed by atoms with E-state index in [1.54, 1.807) is 10.4 Å². The minimum atomic E-state index is -2.93. The predicted octanol–water partition coefficient (Wildman–Crippen LogP) is 7.19. The highest BCUT2D eigenvalue weighted by Crippen LogP contribution is 2.50. The fourth-order valence-electron chi connectivity index (χ4n) is 6.47. The lowest BCUT2D eigenvalue weighted by atomic mass is 9.94. The van der Waals surface area contributed by atoms with Gasteiger partial charge in [-0.3, -0.25) is 18.2 Å². The maximum absolute atomic E-state index is 13.9. The van der Waals surface area contributed by atoms with E-state index < -0.39 is 22.9 Å². The summed E-state index contributed by atoms with van der Waals surface area (Å²) in [5.41, 5.74) is 4.38. The Bertz CT molecular complexity index is 1390. The molecule has 3 atom stereocenters. The Morgan fingerprint density at radius 3 is 2.43 bits per heavy atom. The molecule has 1 unspecified atom stereocenters. The van der Waals surface area contributed by atoms with E-state index in [0.717, 1.165) is 61.6 Å². The average molecular weight is 640 g/mol. The van der Waals surface area contributed by atoms with Crippen LogP contribution in [0.3, 0.4) is 0 Å². The minimum Gasteiger partial charge on any atom is -0.390 e. The second-order valence-corrected chi connectivity index (χ2v) is 15.0. The summed E-state index contributed by atoms with van der Waals surface area (Å²) in [4.78, 5) is 13.9. The van der Waals surface area contributed by atoms with Crippen molar-refractivity contribution in [1.29, 1.82) is 0 Å². The molecule has 0 spiro atoms. The van der Waals surface area contributed by atoms with E-state index in [2.05, 4.69) is 17.6 Å². The number of hydrogen-bond donors (Lipinski definition) is 5. The maximum atomic E-state index is 13.9. The first-order valence-corrected chi connectivity index (χ1v) is 17.9. The van der Waals surface area contributed by atoms with Gasteiger partial charge >= 0.3 is 0 Å². The van der Waals surface area contributed by atoms with Gasteiger partial charge in [-0.2, -0.15) is 0 Å². The van der Waals surface area contributed by atoms with Gasteiger partial charge in [0, 0.05) is 29.7 Å². The first-order valence-electron chi connectivity index (χ1n) is 15.9. The van der Waals surface area contributed by atoms with Crippen LogP contribution in [0.15, 0.2) is 72.8 Å². The molecular weight excluding hydrogens is 594 g/mol. The van der Waals surface area contributed by atoms with Crippen molar-refractivity contribution < 1.29 is 19.0 Å². The standard InChI is InChI=1S/C35H46ClN3O4S/c1-25(18-27-12-9-15-31(36)19-27)37-24-34(40)33(20-26-10-3-2-4-11-26)38-35(41)30-21-29(28-13-5-6-14-28)22-32(23-30)39-16-7-8-17-44(39,42)43/h2-4,9-12,15,19,21-23,25,28,33-34,37,40,42-43H,5-8,13-14,16-18,20,24H2,1H3,(H,38,41)/t25?,33-,34-/m0/s1. The van der Waals surface area contributed by atoms with E-state index >= 15 is 0 Å². The lowest BCUT2D eigenvalue weighted by Gasteiger charge is -2.47. The van der Waals surface area contributed by atoms with E-state index in [4.69, 9.17) is 11.6 Å². The fraction of sp³-hybridized carbons (Fsp3) is 0.457. The van der Waals surface area contributed by atoms with Crippen molar-refractivity contribution in [1.82, 2.24) is 10.6 Å². The summed E-state index contributed by atoms with van der Waals surface area (Å²) < 4.78 is 23.5. The van der Waals surface area contributed by atoms with Crippen molar-refractivity contribution >= 4 is 34.0 Å². The third-order valence-electron chi connectivity index (χ3n) is 8.88. The molecule has 0 bridgehead atoms. The maximum Gasteiger partial charge on any atom is 0.251 e. The lowest BCUT2D eigenvalue weighted by Crippen LogP contribution is -2.50. The molecule has 3 aromatic rings. The number of anilines is 1. The number of hydrogen-bond acceptors (Lipinski definition) is 6. The van der Waals surface area contributed by atoms with Crippen LogP contribution >= 0.6 is 22.4 Å². The molecule has 1 saturated carbocycles. The van der Waals surface area contributed by atoms with Crippen molar-refractivity contribution in [2.75, 3.05) is 23.1 Å². The highest BCUT2D eigenvalue weighted by Gasteiger charge is 2.30. The predicted molar refractivity (Wildman–Crippen MR) is 182 cm³/mol. The van der Waals surface area contributed by atoms with Gasteiger partial charge in [0.25, 0.3) is 5.91 Å². The summed E-state index contributed by atoms with van der Waals surface area (Å²) in [7, 11) is -2.93. The summed E-state index contributed by atoms with van der Waals surface area (Å²) >= 11 is 6.16. The topological polar surface area (TPSA) is 105 Å². The molecule has 9 heteroatoms. The summed E-state index contributed by atoms with van der Waals surface area (Å²) in [5.74, 6) is 0.423. The summed E-state index contributed by atoms with van der Waals surface area (Å²) in [6, 6.07) is 23.0. The van der Waals surface area contributed by atoms with Crippen molar-refractivity contribution in [2.24, 2.45) is 0 Å². The molecule has 0 aromatic heterocycles. The van der Waals surface area contributed by atoms with Crippen LogP contribution in [-0.2, 0) is 12.8 Å². The molecular formula is C35H46ClN3O4S. The molecule has 1 heterocycles. The van der Waals surface area contributed by atoms with E-state index in [1.165, 1.54) is 0 Å². The van der Waals surface area contributed by atoms with Gasteiger partial charge in [0.05, 0.1) is 23.6 Å². The lowest BCUT2D eigenvalue weighted by molar-refractivity contribution is 0.0826. The van der Waals surface area contributed by atoms with E-state index in [1.807, 2.05) is 66.7 Å². The summed E-state index contributed by atoms with van der Waals surface area (Å²) in [6.07, 6.45) is 6.48. The average Bonchev–Trinajstić information content (AvgIpc) is 3.55. The fourth-order valence-corrected chi connectivity index (χ4v) is 8.36. The first kappa shape index (κ1) is 32.8. The Hall–Kier alpha value is -2.59. The SMILES string of the molecule is CC(Cc1cccc(Cl)c1)NC[C@H](O)[C@H](Cc1ccccc1)NC(=O)c1cc(C2CCCC2)cc(N2CCCCS2(O)O)c1. The zero-order valence-corrected chi connectivity index (χ0v) is 27.1. The molecule has 1 saturated heterocycles. The number of benzene rings is 3. The van der Waals surface area contributed by atoms with Crippen LogP contribution in [0.1, 0.15) is 78.4 Å². The Balaban J connectivity index is 1.34. The quantitative estimate of drug-likeness (QED) is 0.144. The number of rotatable bonds is 12. The number of halogens is 1. The molecule has 2 aliphatic rings. The second-order valence-electron chi connectivity index (χ2n) is 12.4. The van der Waals surface area contributed by atoms with Gasteiger partial charge in [-0.15, -0.1) is 10.8 Å². The molecule has 1 amide bonds. The van der Waals surface area contributed by atoms with E-state index in [0.29, 0.717) is 47.5 Å². The van der Waals surface area contributed by atoms with Crippen molar-refractivity contribution in [2.45, 2.75) is 82.4 Å². The zero-order valence-electron chi connectivity index (χ0n) is 25.5. The Labute approximate surface area is 268 Å². The Morgan fingerprint density at radius 2 is 1.70 bits per heavy atom. The number of nitrogens with zero attached hydrogens (tertiary/aromatic N) is 1. The molecule has 1 aliphatic carbocycles. The molecule has 2 fully saturated rings. The monoisotopic (exact) mass is 639 g/mol. The van der Waals surface area contributed by atoms with Crippen molar-refractivity contribution in [3.63, 3.8) is 0 Å². The number of amides is 1. The summed E-state index contributed by atoms with van der Waals surface area (Å²) in [6.45, 7) is 2.92. The zero-order chi connectivity index (χ0) is 31.1. The third kappa shape index (κ3) is 8.77. The van der Waals surface area contributed by atoms with Crippen LogP contribution in [0.5, 0.6) is 0 Å². The number of aliphatic hydroxyl groups is 1. The van der Waals surface area contributed by atoms with Crippen LogP contribution in [0.2, 0.25) is 5.02 Å². The second kappa shape index (κ2) is 15.1. The highest BCUT2D eigenvalue weighted by molar-refractivity contribution is 8.25. The summed E-state index contributed by atoms with van der Waals surface area (Å²) in [5, 5.41) is 18.7. The van der Waals surface area contributed by atoms with Gasteiger partial charge in [0.1, 0.15) is 0 Å². The van der Waals surface area contributed by atoms with Crippen molar-refractivity contribution in [3.8, 4) is 0 Å². The van der Waals surface area contributed by atoms with Crippen LogP contribution in [0, 0.1) is 0 Å². The Kier molecular flexibility index (Phi) is 11.3. The number of carbonyl (C=O) groups is 1. The van der Waals surface area contributed by atoms with Gasteiger partial charge in [0.15, 0.2) is 0 Å². The van der Waals surface area contributed by atoms with Crippen LogP contribution in [0.25, 0.3) is 0 Å². The highest BCUT2D eigenvalue weighted by atomic mass is 35.5. The van der Waals surface area contributed by atoms with Crippen LogP contribution < -0.4 is 14.9 Å². The molecule has 3 aromatic carbocycles. The molecule has 1 aliphatic heterocycles. The van der Waals surface area contributed by atoms with Crippen LogP contribution in [-0.4, -0.2) is 57.1 Å². The smallest absolute Gasteiger partial charge is 0.251 e. The molecule has 5 N–H and O–H groups in total. The first-order chi connectivity index (χ1) is 21.2. The molecule has 7 nitrogen and oxygen atoms in total.